The lowest BCUT2D eigenvalue weighted by Gasteiger charge is -2.36. The number of sulfonamides is 1. The summed E-state index contributed by atoms with van der Waals surface area (Å²) in [6.07, 6.45) is 0. The standard InChI is InChI=1S/C13H21BrN2O3S2/c1-10(2)11(16-5-7-19-8-6-16)9-15-21(17,18)13-4-3-12(14)20-13/h3-4,10-11,15H,5-9H2,1-2H3. The van der Waals surface area contributed by atoms with Gasteiger partial charge in [-0.25, -0.2) is 13.1 Å². The highest BCUT2D eigenvalue weighted by atomic mass is 79.9. The largest absolute Gasteiger partial charge is 0.379 e. The van der Waals surface area contributed by atoms with Crippen LogP contribution in [0, 0.1) is 5.92 Å². The van der Waals surface area contributed by atoms with Crippen molar-refractivity contribution in [1.82, 2.24) is 9.62 Å². The molecule has 0 saturated carbocycles. The van der Waals surface area contributed by atoms with Gasteiger partial charge in [-0.3, -0.25) is 4.90 Å². The Balaban J connectivity index is 2.01. The molecule has 0 bridgehead atoms. The van der Waals surface area contributed by atoms with E-state index in [1.165, 1.54) is 11.3 Å². The molecule has 120 valence electrons. The van der Waals surface area contributed by atoms with E-state index in [9.17, 15) is 8.42 Å². The molecule has 0 radical (unpaired) electrons. The summed E-state index contributed by atoms with van der Waals surface area (Å²) in [6, 6.07) is 3.56. The average molecular weight is 397 g/mol. The van der Waals surface area contributed by atoms with Crippen molar-refractivity contribution in [3.05, 3.63) is 15.9 Å². The molecule has 1 saturated heterocycles. The van der Waals surface area contributed by atoms with Gasteiger partial charge in [-0.2, -0.15) is 0 Å². The van der Waals surface area contributed by atoms with Gasteiger partial charge in [0.1, 0.15) is 4.21 Å². The molecule has 0 amide bonds. The highest BCUT2D eigenvalue weighted by molar-refractivity contribution is 9.11. The van der Waals surface area contributed by atoms with Gasteiger partial charge in [0.25, 0.3) is 0 Å². The molecule has 0 aromatic carbocycles. The molecule has 1 unspecified atom stereocenters. The summed E-state index contributed by atoms with van der Waals surface area (Å²) < 4.78 is 33.9. The van der Waals surface area contributed by atoms with Crippen molar-refractivity contribution < 1.29 is 13.2 Å². The Kier molecular flexibility index (Phi) is 6.22. The van der Waals surface area contributed by atoms with E-state index in [0.29, 0.717) is 29.9 Å². The van der Waals surface area contributed by atoms with Crippen molar-refractivity contribution in [3.63, 3.8) is 0 Å². The quantitative estimate of drug-likeness (QED) is 0.799. The van der Waals surface area contributed by atoms with Crippen LogP contribution >= 0.6 is 27.3 Å². The first-order chi connectivity index (χ1) is 9.90. The van der Waals surface area contributed by atoms with Crippen LogP contribution in [0.3, 0.4) is 0 Å². The predicted octanol–water partition coefficient (Wildman–Crippen LogP) is 2.15. The normalized spacial score (nSPS) is 19.0. The molecule has 1 aromatic heterocycles. The fourth-order valence-electron chi connectivity index (χ4n) is 2.40. The molecular formula is C13H21BrN2O3S2. The van der Waals surface area contributed by atoms with Gasteiger partial charge in [-0.15, -0.1) is 11.3 Å². The van der Waals surface area contributed by atoms with Crippen molar-refractivity contribution in [2.24, 2.45) is 5.92 Å². The van der Waals surface area contributed by atoms with Gasteiger partial charge in [0.05, 0.1) is 17.0 Å². The van der Waals surface area contributed by atoms with Crippen molar-refractivity contribution >= 4 is 37.3 Å². The maximum absolute atomic E-state index is 12.3. The summed E-state index contributed by atoms with van der Waals surface area (Å²) in [4.78, 5) is 2.31. The van der Waals surface area contributed by atoms with Gasteiger partial charge < -0.3 is 4.74 Å². The minimum absolute atomic E-state index is 0.187. The number of nitrogens with zero attached hydrogens (tertiary/aromatic N) is 1. The van der Waals surface area contributed by atoms with Crippen molar-refractivity contribution in [3.8, 4) is 0 Å². The highest BCUT2D eigenvalue weighted by Gasteiger charge is 2.26. The molecule has 2 rings (SSSR count). The second kappa shape index (κ2) is 7.52. The van der Waals surface area contributed by atoms with Gasteiger partial charge in [0, 0.05) is 25.7 Å². The molecule has 1 aromatic rings. The number of ether oxygens (including phenoxy) is 1. The molecule has 8 heteroatoms. The van der Waals surface area contributed by atoms with Crippen LogP contribution < -0.4 is 4.72 Å². The summed E-state index contributed by atoms with van der Waals surface area (Å²) in [6.45, 7) is 7.81. The third-order valence-corrected chi connectivity index (χ3v) is 7.12. The van der Waals surface area contributed by atoms with E-state index >= 15 is 0 Å². The molecule has 1 atom stereocenters. The molecule has 21 heavy (non-hydrogen) atoms. The Bertz CT molecular complexity index is 554. The number of nitrogens with one attached hydrogen (secondary N) is 1. The molecule has 0 spiro atoms. The second-order valence-corrected chi connectivity index (χ2v) is 9.83. The monoisotopic (exact) mass is 396 g/mol. The first kappa shape index (κ1) is 17.4. The van der Waals surface area contributed by atoms with Crippen LogP contribution in [0.5, 0.6) is 0 Å². The highest BCUT2D eigenvalue weighted by Crippen LogP contribution is 2.26. The van der Waals surface area contributed by atoms with Crippen molar-refractivity contribution in [2.45, 2.75) is 24.1 Å². The molecule has 0 aliphatic carbocycles. The van der Waals surface area contributed by atoms with E-state index < -0.39 is 10.0 Å². The molecule has 1 N–H and O–H groups in total. The van der Waals surface area contributed by atoms with Crippen LogP contribution in [0.25, 0.3) is 0 Å². The van der Waals surface area contributed by atoms with Crippen LogP contribution in [0.2, 0.25) is 0 Å². The Labute approximate surface area is 138 Å². The van der Waals surface area contributed by atoms with Crippen LogP contribution in [0.1, 0.15) is 13.8 Å². The summed E-state index contributed by atoms with van der Waals surface area (Å²) in [5.41, 5.74) is 0. The van der Waals surface area contributed by atoms with E-state index in [1.54, 1.807) is 12.1 Å². The van der Waals surface area contributed by atoms with Crippen molar-refractivity contribution in [2.75, 3.05) is 32.8 Å². The zero-order valence-electron chi connectivity index (χ0n) is 12.2. The van der Waals surface area contributed by atoms with Crippen LogP contribution in [0.4, 0.5) is 0 Å². The summed E-state index contributed by atoms with van der Waals surface area (Å²) in [7, 11) is -3.43. The number of halogens is 1. The van der Waals surface area contributed by atoms with E-state index in [0.717, 1.165) is 16.9 Å². The van der Waals surface area contributed by atoms with Gasteiger partial charge in [-0.05, 0) is 34.0 Å². The minimum Gasteiger partial charge on any atom is -0.379 e. The van der Waals surface area contributed by atoms with E-state index in [1.807, 2.05) is 0 Å². The van der Waals surface area contributed by atoms with E-state index in [4.69, 9.17) is 4.74 Å². The van der Waals surface area contributed by atoms with Crippen LogP contribution in [0.15, 0.2) is 20.1 Å². The van der Waals surface area contributed by atoms with E-state index in [-0.39, 0.29) is 6.04 Å². The van der Waals surface area contributed by atoms with Gasteiger partial charge in [-0.1, -0.05) is 13.8 Å². The van der Waals surface area contributed by atoms with Crippen molar-refractivity contribution in [1.29, 1.82) is 0 Å². The Hall–Kier alpha value is 0.01000. The lowest BCUT2D eigenvalue weighted by molar-refractivity contribution is 0.00776. The molecule has 5 nitrogen and oxygen atoms in total. The van der Waals surface area contributed by atoms with Crippen LogP contribution in [-0.4, -0.2) is 52.2 Å². The number of hydrogen-bond acceptors (Lipinski definition) is 5. The van der Waals surface area contributed by atoms with Gasteiger partial charge >= 0.3 is 0 Å². The molecule has 1 fully saturated rings. The van der Waals surface area contributed by atoms with E-state index in [2.05, 4.69) is 39.4 Å². The minimum atomic E-state index is -3.43. The zero-order valence-corrected chi connectivity index (χ0v) is 15.4. The zero-order chi connectivity index (χ0) is 15.5. The lowest BCUT2D eigenvalue weighted by Crippen LogP contribution is -2.51. The smallest absolute Gasteiger partial charge is 0.250 e. The molecular weight excluding hydrogens is 376 g/mol. The Morgan fingerprint density at radius 3 is 2.57 bits per heavy atom. The number of hydrogen-bond donors (Lipinski definition) is 1. The number of thiophene rings is 1. The molecule has 2 heterocycles. The summed E-state index contributed by atoms with van der Waals surface area (Å²) in [5, 5.41) is 0. The fourth-order valence-corrected chi connectivity index (χ4v) is 5.51. The number of rotatable bonds is 6. The third-order valence-electron chi connectivity index (χ3n) is 3.58. The van der Waals surface area contributed by atoms with Crippen LogP contribution in [-0.2, 0) is 14.8 Å². The Morgan fingerprint density at radius 1 is 1.38 bits per heavy atom. The molecule has 1 aliphatic heterocycles. The maximum Gasteiger partial charge on any atom is 0.250 e. The first-order valence-corrected chi connectivity index (χ1v) is 10.1. The molecule has 1 aliphatic rings. The van der Waals surface area contributed by atoms with Gasteiger partial charge in [0.15, 0.2) is 0 Å². The lowest BCUT2D eigenvalue weighted by atomic mass is 10.0. The second-order valence-electron chi connectivity index (χ2n) is 5.37. The van der Waals surface area contributed by atoms with Gasteiger partial charge in [0.2, 0.25) is 10.0 Å². The average Bonchev–Trinajstić information content (AvgIpc) is 2.87. The first-order valence-electron chi connectivity index (χ1n) is 6.97. The Morgan fingerprint density at radius 2 is 2.05 bits per heavy atom. The maximum atomic E-state index is 12.3. The SMILES string of the molecule is CC(C)C(CNS(=O)(=O)c1ccc(Br)s1)N1CCOCC1. The summed E-state index contributed by atoms with van der Waals surface area (Å²) >= 11 is 4.52. The topological polar surface area (TPSA) is 58.6 Å². The predicted molar refractivity (Wildman–Crippen MR) is 88.2 cm³/mol. The fraction of sp³-hybridized carbons (Fsp3) is 0.692. The number of morpholine rings is 1. The summed E-state index contributed by atoms with van der Waals surface area (Å²) in [5.74, 6) is 0.376. The third kappa shape index (κ3) is 4.74.